The fraction of sp³-hybridized carbons (Fsp3) is 0. The van der Waals surface area contributed by atoms with Crippen molar-refractivity contribution in [1.29, 1.82) is 0 Å². The average molecular weight is 602 g/mol. The molecule has 0 aliphatic carbocycles. The Labute approximate surface area is 271 Å². The molecule has 2 heterocycles. The second kappa shape index (κ2) is 9.97. The minimum Gasteiger partial charge on any atom is -0.309 e. The first-order valence-electron chi connectivity index (χ1n) is 15.8. The Kier molecular flexibility index (Phi) is 5.58. The molecule has 2 heteroatoms. The van der Waals surface area contributed by atoms with Crippen molar-refractivity contribution >= 4 is 55.1 Å². The van der Waals surface area contributed by atoms with Gasteiger partial charge in [0.05, 0.1) is 11.0 Å². The smallest absolute Gasteiger partial charge is 0.0547 e. The number of hydrogen-bond donors (Lipinski definition) is 0. The summed E-state index contributed by atoms with van der Waals surface area (Å²) in [5.41, 5.74) is 11.3. The van der Waals surface area contributed by atoms with Crippen LogP contribution in [0.1, 0.15) is 0 Å². The normalized spacial score (nSPS) is 12.3. The van der Waals surface area contributed by atoms with Gasteiger partial charge >= 0.3 is 0 Å². The summed E-state index contributed by atoms with van der Waals surface area (Å²) in [6, 6.07) is 60.2. The quantitative estimate of drug-likeness (QED) is 0.195. The molecule has 1 aromatic heterocycles. The van der Waals surface area contributed by atoms with Crippen LogP contribution in [0.25, 0.3) is 82.4 Å². The van der Waals surface area contributed by atoms with Crippen molar-refractivity contribution in [1.82, 2.24) is 4.57 Å². The van der Waals surface area contributed by atoms with Crippen LogP contribution in [-0.4, -0.2) is 4.57 Å². The molecule has 0 unspecified atom stereocenters. The standard InChI is InChI=1S/C44H27NS/c1-2-14-30(15-3-1)45-39-22-11-21-35(43(39)38-26-28-12-4-5-13-29(28)27-40(38)45)32-17-7-6-16-31(32)33-24-25-42-44-36(33)19-10-20-37(44)34-18-8-9-23-41(34)46-42/h1-27H. The van der Waals surface area contributed by atoms with Crippen LogP contribution in [0.3, 0.4) is 0 Å². The first-order chi connectivity index (χ1) is 22.8. The van der Waals surface area contributed by atoms with Gasteiger partial charge in [-0.05, 0) is 92.0 Å². The van der Waals surface area contributed by atoms with Gasteiger partial charge in [-0.3, -0.25) is 0 Å². The highest BCUT2D eigenvalue weighted by molar-refractivity contribution is 7.99. The predicted octanol–water partition coefficient (Wildman–Crippen LogP) is 12.6. The van der Waals surface area contributed by atoms with Gasteiger partial charge in [-0.2, -0.15) is 0 Å². The Morgan fingerprint density at radius 1 is 0.348 bits per heavy atom. The summed E-state index contributed by atoms with van der Waals surface area (Å²) in [6.45, 7) is 0. The van der Waals surface area contributed by atoms with E-state index in [1.807, 2.05) is 11.8 Å². The highest BCUT2D eigenvalue weighted by atomic mass is 32.2. The zero-order chi connectivity index (χ0) is 30.2. The minimum absolute atomic E-state index is 1.17. The van der Waals surface area contributed by atoms with Crippen LogP contribution < -0.4 is 0 Å². The van der Waals surface area contributed by atoms with E-state index in [1.54, 1.807) is 0 Å². The van der Waals surface area contributed by atoms with Crippen molar-refractivity contribution in [3.63, 3.8) is 0 Å². The minimum atomic E-state index is 1.17. The molecule has 10 rings (SSSR count). The number of para-hydroxylation sites is 1. The van der Waals surface area contributed by atoms with Crippen molar-refractivity contribution in [3.05, 3.63) is 164 Å². The summed E-state index contributed by atoms with van der Waals surface area (Å²) in [4.78, 5) is 2.65. The molecule has 0 spiro atoms. The molecule has 0 bridgehead atoms. The molecule has 46 heavy (non-hydrogen) atoms. The molecular formula is C44H27NS. The molecule has 1 nitrogen and oxygen atoms in total. The van der Waals surface area contributed by atoms with Gasteiger partial charge in [0.15, 0.2) is 0 Å². The summed E-state index contributed by atoms with van der Waals surface area (Å²) in [5.74, 6) is 0. The topological polar surface area (TPSA) is 4.93 Å². The van der Waals surface area contributed by atoms with Gasteiger partial charge < -0.3 is 4.57 Å². The maximum Gasteiger partial charge on any atom is 0.0547 e. The predicted molar refractivity (Wildman–Crippen MR) is 196 cm³/mol. The van der Waals surface area contributed by atoms with Crippen LogP contribution in [0.4, 0.5) is 0 Å². The van der Waals surface area contributed by atoms with E-state index in [2.05, 4.69) is 168 Å². The lowest BCUT2D eigenvalue weighted by Gasteiger charge is -2.22. The molecule has 0 saturated carbocycles. The lowest BCUT2D eigenvalue weighted by molar-refractivity contribution is 1.18. The van der Waals surface area contributed by atoms with Crippen molar-refractivity contribution in [2.75, 3.05) is 0 Å². The number of aromatic nitrogens is 1. The Bertz CT molecular complexity index is 2660. The van der Waals surface area contributed by atoms with Gasteiger partial charge in [0.2, 0.25) is 0 Å². The molecule has 0 atom stereocenters. The largest absolute Gasteiger partial charge is 0.309 e. The Morgan fingerprint density at radius 2 is 0.978 bits per heavy atom. The molecular weight excluding hydrogens is 575 g/mol. The molecule has 0 radical (unpaired) electrons. The van der Waals surface area contributed by atoms with E-state index in [1.165, 1.54) is 92.2 Å². The fourth-order valence-electron chi connectivity index (χ4n) is 7.60. The molecule has 8 aromatic carbocycles. The van der Waals surface area contributed by atoms with Crippen LogP contribution in [0.2, 0.25) is 0 Å². The molecule has 0 saturated heterocycles. The molecule has 9 aromatic rings. The number of benzene rings is 8. The molecule has 1 aliphatic heterocycles. The second-order valence-electron chi connectivity index (χ2n) is 12.1. The van der Waals surface area contributed by atoms with Crippen LogP contribution in [0.15, 0.2) is 174 Å². The summed E-state index contributed by atoms with van der Waals surface area (Å²) in [7, 11) is 0. The fourth-order valence-corrected chi connectivity index (χ4v) is 8.73. The van der Waals surface area contributed by atoms with E-state index in [-0.39, 0.29) is 0 Å². The Hall–Kier alpha value is -5.57. The van der Waals surface area contributed by atoms with Gasteiger partial charge in [-0.25, -0.2) is 0 Å². The van der Waals surface area contributed by atoms with E-state index < -0.39 is 0 Å². The number of rotatable bonds is 3. The monoisotopic (exact) mass is 601 g/mol. The van der Waals surface area contributed by atoms with Crippen LogP contribution in [0, 0.1) is 0 Å². The molecule has 0 amide bonds. The third kappa shape index (κ3) is 3.71. The maximum atomic E-state index is 2.43. The first-order valence-corrected chi connectivity index (χ1v) is 16.6. The van der Waals surface area contributed by atoms with E-state index in [0.717, 1.165) is 0 Å². The van der Waals surface area contributed by atoms with E-state index in [4.69, 9.17) is 0 Å². The third-order valence-corrected chi connectivity index (χ3v) is 10.7. The number of nitrogens with zero attached hydrogens (tertiary/aromatic N) is 1. The van der Waals surface area contributed by atoms with Gasteiger partial charge in [0.1, 0.15) is 0 Å². The van der Waals surface area contributed by atoms with Crippen molar-refractivity contribution in [3.8, 4) is 39.1 Å². The molecule has 0 N–H and O–H groups in total. The highest BCUT2D eigenvalue weighted by Gasteiger charge is 2.23. The summed E-state index contributed by atoms with van der Waals surface area (Å²) >= 11 is 1.88. The van der Waals surface area contributed by atoms with Crippen molar-refractivity contribution in [2.24, 2.45) is 0 Å². The highest BCUT2D eigenvalue weighted by Crippen LogP contribution is 2.51. The maximum absolute atomic E-state index is 2.43. The van der Waals surface area contributed by atoms with Gasteiger partial charge in [-0.1, -0.05) is 133 Å². The van der Waals surface area contributed by atoms with E-state index in [0.29, 0.717) is 0 Å². The summed E-state index contributed by atoms with van der Waals surface area (Å²) < 4.78 is 2.43. The average Bonchev–Trinajstić information content (AvgIpc) is 3.44. The summed E-state index contributed by atoms with van der Waals surface area (Å²) in [6.07, 6.45) is 0. The Balaban J connectivity index is 1.28. The number of fused-ring (bicyclic) bond motifs is 6. The first kappa shape index (κ1) is 25.7. The van der Waals surface area contributed by atoms with Crippen molar-refractivity contribution in [2.45, 2.75) is 9.79 Å². The third-order valence-electron chi connectivity index (χ3n) is 9.58. The van der Waals surface area contributed by atoms with Gasteiger partial charge in [0, 0.05) is 31.6 Å². The zero-order valence-corrected chi connectivity index (χ0v) is 25.8. The molecule has 1 aliphatic rings. The molecule has 0 fully saturated rings. The SMILES string of the molecule is c1ccc(-n2c3cc4ccccc4cc3c3c(-c4ccccc4-c4ccc5c6c(cccc46)-c4ccccc4S5)cccc32)cc1. The van der Waals surface area contributed by atoms with Crippen LogP contribution in [0.5, 0.6) is 0 Å². The van der Waals surface area contributed by atoms with Gasteiger partial charge in [-0.15, -0.1) is 0 Å². The number of hydrogen-bond acceptors (Lipinski definition) is 1. The van der Waals surface area contributed by atoms with Crippen LogP contribution in [-0.2, 0) is 0 Å². The van der Waals surface area contributed by atoms with E-state index in [9.17, 15) is 0 Å². The summed E-state index contributed by atoms with van der Waals surface area (Å²) in [5, 5.41) is 7.71. The van der Waals surface area contributed by atoms with E-state index >= 15 is 0 Å². The van der Waals surface area contributed by atoms with Crippen LogP contribution >= 0.6 is 11.8 Å². The zero-order valence-electron chi connectivity index (χ0n) is 24.9. The lowest BCUT2D eigenvalue weighted by Crippen LogP contribution is -1.95. The Morgan fingerprint density at radius 3 is 1.80 bits per heavy atom. The lowest BCUT2D eigenvalue weighted by atomic mass is 9.88. The van der Waals surface area contributed by atoms with Crippen molar-refractivity contribution < 1.29 is 0 Å². The van der Waals surface area contributed by atoms with Gasteiger partial charge in [0.25, 0.3) is 0 Å². The molecule has 214 valence electrons. The second-order valence-corrected chi connectivity index (χ2v) is 13.2.